The Bertz CT molecular complexity index is 958. The molecule has 5 nitrogen and oxygen atoms in total. The molecule has 0 saturated heterocycles. The highest BCUT2D eigenvalue weighted by Crippen LogP contribution is 2.23. The number of carboxylic acids is 1. The second-order valence-electron chi connectivity index (χ2n) is 7.72. The number of aliphatic hydroxyl groups is 1. The van der Waals surface area contributed by atoms with Crippen LogP contribution in [-0.2, 0) is 6.42 Å². The van der Waals surface area contributed by atoms with Crippen LogP contribution in [0.4, 0.5) is 0 Å². The van der Waals surface area contributed by atoms with E-state index in [0.29, 0.717) is 11.5 Å². The monoisotopic (exact) mass is 466 g/mol. The zero-order valence-corrected chi connectivity index (χ0v) is 19.4. The Labute approximate surface area is 199 Å². The lowest BCUT2D eigenvalue weighted by Gasteiger charge is -2.14. The van der Waals surface area contributed by atoms with Crippen molar-refractivity contribution in [2.75, 3.05) is 19.0 Å². The first kappa shape index (κ1) is 24.7. The molecule has 0 aliphatic heterocycles. The highest BCUT2D eigenvalue weighted by atomic mass is 32.2. The van der Waals surface area contributed by atoms with Crippen molar-refractivity contribution in [2.24, 2.45) is 0 Å². The lowest BCUT2D eigenvalue weighted by Crippen LogP contribution is -2.25. The van der Waals surface area contributed by atoms with Gasteiger partial charge < -0.3 is 19.7 Å². The van der Waals surface area contributed by atoms with Crippen LogP contribution in [-0.4, -0.2) is 41.3 Å². The molecule has 0 aliphatic rings. The molecule has 33 heavy (non-hydrogen) atoms. The van der Waals surface area contributed by atoms with E-state index in [-0.39, 0.29) is 18.8 Å². The van der Waals surface area contributed by atoms with Crippen molar-refractivity contribution in [1.29, 1.82) is 0 Å². The normalized spacial score (nSPS) is 11.7. The molecule has 0 bridgehead atoms. The van der Waals surface area contributed by atoms with Crippen molar-refractivity contribution in [3.8, 4) is 11.5 Å². The van der Waals surface area contributed by atoms with Crippen LogP contribution in [0.1, 0.15) is 35.2 Å². The first-order valence-corrected chi connectivity index (χ1v) is 12.1. The number of thioether (sulfide) groups is 1. The second-order valence-corrected chi connectivity index (χ2v) is 8.89. The molecule has 3 aromatic carbocycles. The molecule has 0 spiro atoms. The summed E-state index contributed by atoms with van der Waals surface area (Å²) in [5.41, 5.74) is 1.60. The molecule has 2 N–H and O–H groups in total. The van der Waals surface area contributed by atoms with E-state index in [9.17, 15) is 9.90 Å². The molecule has 0 saturated carbocycles. The highest BCUT2D eigenvalue weighted by Gasteiger charge is 2.08. The van der Waals surface area contributed by atoms with Crippen molar-refractivity contribution in [3.63, 3.8) is 0 Å². The Morgan fingerprint density at radius 3 is 2.00 bits per heavy atom. The van der Waals surface area contributed by atoms with Crippen molar-refractivity contribution in [2.45, 2.75) is 36.7 Å². The summed E-state index contributed by atoms with van der Waals surface area (Å²) in [4.78, 5) is 12.1. The average molecular weight is 467 g/mol. The summed E-state index contributed by atoms with van der Waals surface area (Å²) in [6, 6.07) is 24.6. The number of benzene rings is 3. The maximum atomic E-state index is 10.9. The van der Waals surface area contributed by atoms with Gasteiger partial charge in [-0.3, -0.25) is 0 Å². The van der Waals surface area contributed by atoms with Gasteiger partial charge in [0.2, 0.25) is 0 Å². The number of carboxylic acid groups (broad SMARTS) is 1. The van der Waals surface area contributed by atoms with Crippen molar-refractivity contribution < 1.29 is 24.5 Å². The molecule has 0 heterocycles. The molecule has 0 aliphatic carbocycles. The summed E-state index contributed by atoms with van der Waals surface area (Å²) in [5, 5.41) is 19.0. The summed E-state index contributed by atoms with van der Waals surface area (Å²) in [6.45, 7) is 0.172. The molecule has 1 unspecified atom stereocenters. The largest absolute Gasteiger partial charge is 0.491 e. The fraction of sp³-hybridized carbons (Fsp3) is 0.296. The molecule has 174 valence electrons. The summed E-state index contributed by atoms with van der Waals surface area (Å²) in [6.07, 6.45) is 3.99. The number of rotatable bonds is 14. The second kappa shape index (κ2) is 13.6. The molecule has 0 amide bonds. The third-order valence-electron chi connectivity index (χ3n) is 5.03. The third-order valence-corrected chi connectivity index (χ3v) is 6.13. The van der Waals surface area contributed by atoms with E-state index in [0.717, 1.165) is 12.2 Å². The maximum Gasteiger partial charge on any atom is 0.335 e. The van der Waals surface area contributed by atoms with Crippen molar-refractivity contribution >= 4 is 17.7 Å². The number of aliphatic hydroxyl groups excluding tert-OH is 1. The van der Waals surface area contributed by atoms with Crippen LogP contribution in [0, 0.1) is 0 Å². The predicted octanol–water partition coefficient (Wildman–Crippen LogP) is 5.71. The van der Waals surface area contributed by atoms with E-state index in [1.807, 2.05) is 36.0 Å². The molecule has 6 heteroatoms. The number of hydrogen-bond acceptors (Lipinski definition) is 5. The number of ether oxygens (including phenoxy) is 2. The van der Waals surface area contributed by atoms with E-state index in [2.05, 4.69) is 30.3 Å². The van der Waals surface area contributed by atoms with E-state index >= 15 is 0 Å². The topological polar surface area (TPSA) is 76.0 Å². The molecule has 0 radical (unpaired) electrons. The number of unbranched alkanes of at least 4 members (excludes halogenated alkanes) is 2. The Balaban J connectivity index is 1.27. The molecular weight excluding hydrogens is 436 g/mol. The number of carbonyl (C=O) groups is 1. The lowest BCUT2D eigenvalue weighted by atomic mass is 10.1. The first-order chi connectivity index (χ1) is 16.1. The molecule has 0 fully saturated rings. The minimum Gasteiger partial charge on any atom is -0.491 e. The van der Waals surface area contributed by atoms with Crippen molar-refractivity contribution in [1.82, 2.24) is 0 Å². The SMILES string of the molecule is O=C(O)c1ccc(OCC(O)COc2ccc(SCCCCCc3ccccc3)cc2)cc1. The average Bonchev–Trinajstić information content (AvgIpc) is 2.85. The van der Waals surface area contributed by atoms with Gasteiger partial charge in [-0.1, -0.05) is 36.8 Å². The Morgan fingerprint density at radius 2 is 1.39 bits per heavy atom. The Kier molecular flexibility index (Phi) is 10.1. The van der Waals surface area contributed by atoms with E-state index < -0.39 is 12.1 Å². The number of aromatic carboxylic acids is 1. The van der Waals surface area contributed by atoms with Gasteiger partial charge in [-0.2, -0.15) is 0 Å². The van der Waals surface area contributed by atoms with Gasteiger partial charge in [-0.25, -0.2) is 4.79 Å². The molecule has 3 rings (SSSR count). The van der Waals surface area contributed by atoms with Gasteiger partial charge in [0.1, 0.15) is 30.8 Å². The fourth-order valence-electron chi connectivity index (χ4n) is 3.20. The van der Waals surface area contributed by atoms with E-state index in [1.54, 1.807) is 12.1 Å². The van der Waals surface area contributed by atoms with Gasteiger partial charge in [-0.05, 0) is 79.1 Å². The Morgan fingerprint density at radius 1 is 0.788 bits per heavy atom. The zero-order chi connectivity index (χ0) is 23.3. The van der Waals surface area contributed by atoms with Gasteiger partial charge >= 0.3 is 5.97 Å². The van der Waals surface area contributed by atoms with Crippen LogP contribution in [0.25, 0.3) is 0 Å². The van der Waals surface area contributed by atoms with Crippen LogP contribution in [0.2, 0.25) is 0 Å². The van der Waals surface area contributed by atoms with Gasteiger partial charge in [-0.15, -0.1) is 11.8 Å². The standard InChI is InChI=1S/C27H30O5S/c28-23(19-31-24-12-10-22(11-13-24)27(29)30)20-32-25-14-16-26(17-15-25)33-18-6-2-5-9-21-7-3-1-4-8-21/h1,3-4,7-8,10-17,23,28H,2,5-6,9,18-20H2,(H,29,30). The fourth-order valence-corrected chi connectivity index (χ4v) is 4.11. The molecule has 3 aromatic rings. The lowest BCUT2D eigenvalue weighted by molar-refractivity contribution is 0.0625. The van der Waals surface area contributed by atoms with Gasteiger partial charge in [0.25, 0.3) is 0 Å². The quantitative estimate of drug-likeness (QED) is 0.234. The highest BCUT2D eigenvalue weighted by molar-refractivity contribution is 7.99. The summed E-state index contributed by atoms with van der Waals surface area (Å²) >= 11 is 1.85. The van der Waals surface area contributed by atoms with Gasteiger partial charge in [0.15, 0.2) is 0 Å². The van der Waals surface area contributed by atoms with Crippen LogP contribution >= 0.6 is 11.8 Å². The number of hydrogen-bond donors (Lipinski definition) is 2. The molecular formula is C27H30O5S. The summed E-state index contributed by atoms with van der Waals surface area (Å²) in [7, 11) is 0. The minimum atomic E-state index is -0.988. The zero-order valence-electron chi connectivity index (χ0n) is 18.6. The number of aryl methyl sites for hydroxylation is 1. The maximum absolute atomic E-state index is 10.9. The van der Waals surface area contributed by atoms with Crippen LogP contribution in [0.15, 0.2) is 83.8 Å². The van der Waals surface area contributed by atoms with Crippen LogP contribution in [0.3, 0.4) is 0 Å². The predicted molar refractivity (Wildman–Crippen MR) is 132 cm³/mol. The summed E-state index contributed by atoms with van der Waals surface area (Å²) in [5.74, 6) is 1.31. The van der Waals surface area contributed by atoms with Crippen LogP contribution in [0.5, 0.6) is 11.5 Å². The molecule has 1 atom stereocenters. The van der Waals surface area contributed by atoms with Gasteiger partial charge in [0, 0.05) is 4.90 Å². The smallest absolute Gasteiger partial charge is 0.335 e. The van der Waals surface area contributed by atoms with Crippen LogP contribution < -0.4 is 9.47 Å². The van der Waals surface area contributed by atoms with E-state index in [4.69, 9.17) is 14.6 Å². The first-order valence-electron chi connectivity index (χ1n) is 11.1. The van der Waals surface area contributed by atoms with Crippen molar-refractivity contribution in [3.05, 3.63) is 90.0 Å². The summed E-state index contributed by atoms with van der Waals surface area (Å²) < 4.78 is 11.1. The Hall–Kier alpha value is -2.96. The molecule has 0 aromatic heterocycles. The van der Waals surface area contributed by atoms with E-state index in [1.165, 1.54) is 41.9 Å². The third kappa shape index (κ3) is 9.20. The minimum absolute atomic E-state index is 0.0601. The van der Waals surface area contributed by atoms with Gasteiger partial charge in [0.05, 0.1) is 5.56 Å².